The van der Waals surface area contributed by atoms with Crippen LogP contribution in [0, 0.1) is 5.92 Å². The smallest absolute Gasteiger partial charge is 0.0630 e. The number of methoxy groups -OCH3 is 1. The van der Waals surface area contributed by atoms with Gasteiger partial charge < -0.3 is 15.0 Å². The summed E-state index contributed by atoms with van der Waals surface area (Å²) < 4.78 is 5.42. The Morgan fingerprint density at radius 3 is 2.42 bits per heavy atom. The van der Waals surface area contributed by atoms with Crippen LogP contribution in [0.15, 0.2) is 0 Å². The quantitative estimate of drug-likeness (QED) is 0.703. The fraction of sp³-hybridized carbons (Fsp3) is 1.00. The zero-order valence-electron chi connectivity index (χ0n) is 12.3. The Bertz CT molecular complexity index is 271. The van der Waals surface area contributed by atoms with Gasteiger partial charge in [-0.2, -0.15) is 0 Å². The van der Waals surface area contributed by atoms with Gasteiger partial charge in [-0.05, 0) is 31.6 Å². The van der Waals surface area contributed by atoms with E-state index >= 15 is 0 Å². The Kier molecular flexibility index (Phi) is 4.74. The summed E-state index contributed by atoms with van der Waals surface area (Å²) in [6.45, 7) is 8.24. The van der Waals surface area contributed by atoms with E-state index in [9.17, 15) is 0 Å². The molecule has 0 bridgehead atoms. The van der Waals surface area contributed by atoms with Crippen molar-refractivity contribution in [2.75, 3.05) is 53.0 Å². The second-order valence-corrected chi connectivity index (χ2v) is 6.57. The maximum Gasteiger partial charge on any atom is 0.0630 e. The second kappa shape index (κ2) is 6.53. The van der Waals surface area contributed by atoms with Crippen molar-refractivity contribution in [1.29, 1.82) is 0 Å². The molecule has 4 heteroatoms. The summed E-state index contributed by atoms with van der Waals surface area (Å²) in [7, 11) is 1.83. The molecule has 0 spiro atoms. The van der Waals surface area contributed by atoms with Gasteiger partial charge in [-0.25, -0.2) is 0 Å². The predicted octanol–water partition coefficient (Wildman–Crippen LogP) is 0.781. The fourth-order valence-electron chi connectivity index (χ4n) is 3.05. The van der Waals surface area contributed by atoms with Gasteiger partial charge in [0.2, 0.25) is 0 Å². The summed E-state index contributed by atoms with van der Waals surface area (Å²) in [6.07, 6.45) is 5.68. The predicted molar refractivity (Wildman–Crippen MR) is 77.4 cm³/mol. The van der Waals surface area contributed by atoms with Crippen molar-refractivity contribution in [3.63, 3.8) is 0 Å². The summed E-state index contributed by atoms with van der Waals surface area (Å²) >= 11 is 0. The van der Waals surface area contributed by atoms with Gasteiger partial charge >= 0.3 is 0 Å². The zero-order valence-corrected chi connectivity index (χ0v) is 12.3. The lowest BCUT2D eigenvalue weighted by Gasteiger charge is -2.39. The van der Waals surface area contributed by atoms with E-state index in [1.807, 2.05) is 7.11 Å². The van der Waals surface area contributed by atoms with Crippen molar-refractivity contribution in [2.45, 2.75) is 37.8 Å². The first-order valence-electron chi connectivity index (χ1n) is 8.04. The topological polar surface area (TPSA) is 27.7 Å². The van der Waals surface area contributed by atoms with E-state index in [4.69, 9.17) is 4.74 Å². The van der Waals surface area contributed by atoms with Gasteiger partial charge in [0.05, 0.1) is 6.61 Å². The molecule has 2 saturated carbocycles. The molecule has 1 atom stereocenters. The Morgan fingerprint density at radius 1 is 1.11 bits per heavy atom. The van der Waals surface area contributed by atoms with Crippen LogP contribution in [0.3, 0.4) is 0 Å². The number of rotatable bonds is 8. The number of piperazine rings is 1. The third-order valence-corrected chi connectivity index (χ3v) is 4.72. The molecule has 4 nitrogen and oxygen atoms in total. The SMILES string of the molecule is COCC(CNC1CC1)N1CCN(CC2CC2)CC1. The standard InChI is InChI=1S/C15H29N3O/c1-19-12-15(10-16-14-4-5-14)18-8-6-17(7-9-18)11-13-2-3-13/h13-16H,2-12H2,1H3. The van der Waals surface area contributed by atoms with Crippen LogP contribution in [0.25, 0.3) is 0 Å². The molecule has 2 aliphatic carbocycles. The molecule has 0 amide bonds. The summed E-state index contributed by atoms with van der Waals surface area (Å²) in [5.74, 6) is 1.03. The van der Waals surface area contributed by atoms with E-state index in [0.717, 1.165) is 25.1 Å². The van der Waals surface area contributed by atoms with Crippen LogP contribution in [0.2, 0.25) is 0 Å². The fourth-order valence-corrected chi connectivity index (χ4v) is 3.05. The number of nitrogens with one attached hydrogen (secondary N) is 1. The highest BCUT2D eigenvalue weighted by atomic mass is 16.5. The van der Waals surface area contributed by atoms with E-state index in [1.54, 1.807) is 0 Å². The molecule has 0 aromatic heterocycles. The molecule has 3 fully saturated rings. The van der Waals surface area contributed by atoms with Gasteiger partial charge in [0.1, 0.15) is 0 Å². The minimum absolute atomic E-state index is 0.564. The highest BCUT2D eigenvalue weighted by molar-refractivity contribution is 4.87. The second-order valence-electron chi connectivity index (χ2n) is 6.57. The minimum atomic E-state index is 0.564. The van der Waals surface area contributed by atoms with Crippen LogP contribution in [0.1, 0.15) is 25.7 Å². The van der Waals surface area contributed by atoms with Crippen molar-refractivity contribution >= 4 is 0 Å². The summed E-state index contributed by atoms with van der Waals surface area (Å²) in [5.41, 5.74) is 0. The highest BCUT2D eigenvalue weighted by Gasteiger charge is 2.29. The highest BCUT2D eigenvalue weighted by Crippen LogP contribution is 2.30. The first kappa shape index (κ1) is 13.8. The van der Waals surface area contributed by atoms with Crippen LogP contribution >= 0.6 is 0 Å². The number of hydrogen-bond donors (Lipinski definition) is 1. The molecule has 3 aliphatic rings. The average Bonchev–Trinajstić information content (AvgIpc) is 3.30. The molecule has 0 aromatic carbocycles. The van der Waals surface area contributed by atoms with E-state index in [2.05, 4.69) is 15.1 Å². The van der Waals surface area contributed by atoms with Gasteiger partial charge in [-0.1, -0.05) is 0 Å². The summed E-state index contributed by atoms with van der Waals surface area (Å²) in [5, 5.41) is 3.66. The molecular weight excluding hydrogens is 238 g/mol. The van der Waals surface area contributed by atoms with Gasteiger partial charge in [0.15, 0.2) is 0 Å². The maximum atomic E-state index is 5.42. The molecule has 19 heavy (non-hydrogen) atoms. The molecule has 1 unspecified atom stereocenters. The first-order chi connectivity index (χ1) is 9.35. The van der Waals surface area contributed by atoms with Crippen molar-refractivity contribution in [3.05, 3.63) is 0 Å². The molecule has 1 heterocycles. The summed E-state index contributed by atoms with van der Waals surface area (Å²) in [4.78, 5) is 5.29. The van der Waals surface area contributed by atoms with Gasteiger partial charge in [0, 0.05) is 58.5 Å². The zero-order chi connectivity index (χ0) is 13.1. The van der Waals surface area contributed by atoms with Crippen LogP contribution in [0.4, 0.5) is 0 Å². The lowest BCUT2D eigenvalue weighted by atomic mass is 10.2. The minimum Gasteiger partial charge on any atom is -0.383 e. The van der Waals surface area contributed by atoms with Crippen molar-refractivity contribution in [2.24, 2.45) is 5.92 Å². The molecule has 0 radical (unpaired) electrons. The van der Waals surface area contributed by atoms with E-state index in [-0.39, 0.29) is 0 Å². The van der Waals surface area contributed by atoms with Crippen molar-refractivity contribution < 1.29 is 4.74 Å². The van der Waals surface area contributed by atoms with Crippen molar-refractivity contribution in [1.82, 2.24) is 15.1 Å². The largest absolute Gasteiger partial charge is 0.383 e. The molecule has 1 saturated heterocycles. The van der Waals surface area contributed by atoms with Gasteiger partial charge in [-0.3, -0.25) is 4.90 Å². The molecule has 3 rings (SSSR count). The van der Waals surface area contributed by atoms with Crippen molar-refractivity contribution in [3.8, 4) is 0 Å². The lowest BCUT2D eigenvalue weighted by molar-refractivity contribution is 0.0481. The van der Waals surface area contributed by atoms with E-state index in [1.165, 1.54) is 58.4 Å². The van der Waals surface area contributed by atoms with E-state index in [0.29, 0.717) is 6.04 Å². The average molecular weight is 267 g/mol. The third-order valence-electron chi connectivity index (χ3n) is 4.72. The Morgan fingerprint density at radius 2 is 1.84 bits per heavy atom. The third kappa shape index (κ3) is 4.42. The number of ether oxygens (including phenoxy) is 1. The van der Waals surface area contributed by atoms with Gasteiger partial charge in [0.25, 0.3) is 0 Å². The van der Waals surface area contributed by atoms with Crippen LogP contribution < -0.4 is 5.32 Å². The number of nitrogens with zero attached hydrogens (tertiary/aromatic N) is 2. The Labute approximate surface area is 117 Å². The van der Waals surface area contributed by atoms with Crippen LogP contribution in [0.5, 0.6) is 0 Å². The normalized spacial score (nSPS) is 27.6. The molecule has 110 valence electrons. The Balaban J connectivity index is 1.40. The lowest BCUT2D eigenvalue weighted by Crippen LogP contribution is -2.54. The Hall–Kier alpha value is -0.160. The van der Waals surface area contributed by atoms with Crippen LogP contribution in [-0.4, -0.2) is 74.9 Å². The first-order valence-corrected chi connectivity index (χ1v) is 8.04. The monoisotopic (exact) mass is 267 g/mol. The molecule has 1 aliphatic heterocycles. The van der Waals surface area contributed by atoms with E-state index < -0.39 is 0 Å². The van der Waals surface area contributed by atoms with Gasteiger partial charge in [-0.15, -0.1) is 0 Å². The molecule has 1 N–H and O–H groups in total. The number of hydrogen-bond acceptors (Lipinski definition) is 4. The van der Waals surface area contributed by atoms with Crippen LogP contribution in [-0.2, 0) is 4.74 Å². The molecular formula is C15H29N3O. The summed E-state index contributed by atoms with van der Waals surface area (Å²) in [6, 6.07) is 1.36. The maximum absolute atomic E-state index is 5.42. The molecule has 0 aromatic rings.